The lowest BCUT2D eigenvalue weighted by molar-refractivity contribution is -0.126. The zero-order valence-corrected chi connectivity index (χ0v) is 18.8. The number of hydrogen-bond acceptors (Lipinski definition) is 4. The smallest absolute Gasteiger partial charge is 0.266 e. The average molecular weight is 449 g/mol. The first kappa shape index (κ1) is 20.6. The van der Waals surface area contributed by atoms with Gasteiger partial charge in [-0.1, -0.05) is 79.7 Å². The average Bonchev–Trinajstić information content (AvgIpc) is 3.40. The molecule has 0 spiro atoms. The minimum absolute atomic E-state index is 0.226. The molecule has 5 heteroatoms. The molecule has 4 aromatic rings. The Hall–Kier alpha value is -3.96. The number of carbonyl (C=O) groups is 2. The number of aryl methyl sites for hydroxylation is 1. The van der Waals surface area contributed by atoms with Crippen molar-refractivity contribution in [2.24, 2.45) is 5.92 Å². The van der Waals surface area contributed by atoms with E-state index in [1.165, 1.54) is 4.90 Å². The number of hydrogen-bond donors (Lipinski definition) is 0. The molecule has 0 radical (unpaired) electrons. The van der Waals surface area contributed by atoms with Crippen LogP contribution in [0.25, 0.3) is 10.8 Å². The molecule has 2 amide bonds. The van der Waals surface area contributed by atoms with Crippen molar-refractivity contribution in [3.63, 3.8) is 0 Å². The maximum Gasteiger partial charge on any atom is 0.266 e. The van der Waals surface area contributed by atoms with Gasteiger partial charge in [0.05, 0.1) is 17.4 Å². The second kappa shape index (κ2) is 8.12. The van der Waals surface area contributed by atoms with E-state index in [1.807, 2.05) is 78.9 Å². The van der Waals surface area contributed by atoms with Crippen LogP contribution in [0.15, 0.2) is 97.1 Å². The first-order chi connectivity index (χ1) is 16.7. The highest BCUT2D eigenvalue weighted by atomic mass is 16.7. The third-order valence-corrected chi connectivity index (χ3v) is 6.87. The Balaban J connectivity index is 1.48. The number of hydroxylamine groups is 1. The van der Waals surface area contributed by atoms with Crippen molar-refractivity contribution < 1.29 is 14.4 Å². The molecule has 2 heterocycles. The topological polar surface area (TPSA) is 49.9 Å². The molecule has 2 aliphatic rings. The van der Waals surface area contributed by atoms with Gasteiger partial charge in [-0.2, -0.15) is 0 Å². The fourth-order valence-corrected chi connectivity index (χ4v) is 5.17. The third kappa shape index (κ3) is 3.12. The number of para-hydroxylation sites is 1. The standard InChI is InChI=1S/C29H24N2O3/c1-2-19-15-17-21(18-16-19)30-28(32)25-26(24-14-8-10-20-9-6-7-13-23(20)24)31(34-27(25)29(30)33)22-11-4-3-5-12-22/h3-18,25-27H,2H2,1H3. The van der Waals surface area contributed by atoms with E-state index in [1.54, 1.807) is 5.06 Å². The summed E-state index contributed by atoms with van der Waals surface area (Å²) in [6.45, 7) is 2.08. The summed E-state index contributed by atoms with van der Waals surface area (Å²) in [5.41, 5.74) is 3.53. The van der Waals surface area contributed by atoms with Crippen LogP contribution in [-0.2, 0) is 20.8 Å². The summed E-state index contributed by atoms with van der Waals surface area (Å²) in [5.74, 6) is -1.19. The Bertz CT molecular complexity index is 1380. The lowest BCUT2D eigenvalue weighted by Crippen LogP contribution is -2.37. The summed E-state index contributed by atoms with van der Waals surface area (Å²) in [6.07, 6.45) is 0.0219. The van der Waals surface area contributed by atoms with Gasteiger partial charge < -0.3 is 0 Å². The van der Waals surface area contributed by atoms with E-state index < -0.39 is 18.1 Å². The Morgan fingerprint density at radius 3 is 2.21 bits per heavy atom. The Labute approximate surface area is 198 Å². The Morgan fingerprint density at radius 2 is 1.44 bits per heavy atom. The molecule has 5 nitrogen and oxygen atoms in total. The van der Waals surface area contributed by atoms with Gasteiger partial charge in [-0.25, -0.2) is 9.96 Å². The van der Waals surface area contributed by atoms with Gasteiger partial charge in [-0.15, -0.1) is 0 Å². The predicted molar refractivity (Wildman–Crippen MR) is 132 cm³/mol. The number of rotatable bonds is 4. The number of anilines is 2. The van der Waals surface area contributed by atoms with Gasteiger partial charge in [0.2, 0.25) is 5.91 Å². The number of benzene rings is 4. The summed E-state index contributed by atoms with van der Waals surface area (Å²) in [4.78, 5) is 35.0. The lowest BCUT2D eigenvalue weighted by atomic mass is 9.87. The quantitative estimate of drug-likeness (QED) is 0.390. The van der Waals surface area contributed by atoms with Gasteiger partial charge in [0.25, 0.3) is 5.91 Å². The first-order valence-electron chi connectivity index (χ1n) is 11.6. The van der Waals surface area contributed by atoms with E-state index in [4.69, 9.17) is 4.84 Å². The molecule has 2 aliphatic heterocycles. The molecule has 0 aliphatic carbocycles. The van der Waals surface area contributed by atoms with Crippen LogP contribution >= 0.6 is 0 Å². The van der Waals surface area contributed by atoms with Gasteiger partial charge in [0.15, 0.2) is 6.10 Å². The van der Waals surface area contributed by atoms with Crippen LogP contribution in [0.5, 0.6) is 0 Å². The van der Waals surface area contributed by atoms with E-state index in [2.05, 4.69) is 25.1 Å². The molecule has 0 saturated carbocycles. The van der Waals surface area contributed by atoms with Crippen LogP contribution in [0, 0.1) is 5.92 Å². The molecule has 0 aromatic heterocycles. The maximum absolute atomic E-state index is 13.8. The van der Waals surface area contributed by atoms with E-state index in [0.29, 0.717) is 5.69 Å². The minimum atomic E-state index is -0.873. The van der Waals surface area contributed by atoms with E-state index in [-0.39, 0.29) is 11.8 Å². The Kier molecular flexibility index (Phi) is 4.93. The highest BCUT2D eigenvalue weighted by Gasteiger charge is 2.60. The second-order valence-corrected chi connectivity index (χ2v) is 8.76. The lowest BCUT2D eigenvalue weighted by Gasteiger charge is -2.29. The van der Waals surface area contributed by atoms with Gasteiger partial charge in [-0.05, 0) is 52.6 Å². The zero-order chi connectivity index (χ0) is 23.2. The van der Waals surface area contributed by atoms with E-state index in [0.717, 1.165) is 34.0 Å². The molecule has 3 unspecified atom stereocenters. The molecular weight excluding hydrogens is 424 g/mol. The minimum Gasteiger partial charge on any atom is -0.273 e. The van der Waals surface area contributed by atoms with Crippen LogP contribution < -0.4 is 9.96 Å². The van der Waals surface area contributed by atoms with E-state index in [9.17, 15) is 9.59 Å². The van der Waals surface area contributed by atoms with Gasteiger partial charge >= 0.3 is 0 Å². The Morgan fingerprint density at radius 1 is 0.735 bits per heavy atom. The van der Waals surface area contributed by atoms with Crippen LogP contribution in [0.4, 0.5) is 11.4 Å². The van der Waals surface area contributed by atoms with Crippen molar-refractivity contribution in [1.29, 1.82) is 0 Å². The highest BCUT2D eigenvalue weighted by molar-refractivity contribution is 6.24. The van der Waals surface area contributed by atoms with Crippen molar-refractivity contribution in [3.8, 4) is 0 Å². The number of imide groups is 1. The maximum atomic E-state index is 13.8. The van der Waals surface area contributed by atoms with E-state index >= 15 is 0 Å². The first-order valence-corrected chi connectivity index (χ1v) is 11.6. The van der Waals surface area contributed by atoms with Crippen molar-refractivity contribution in [3.05, 3.63) is 108 Å². The molecule has 2 fully saturated rings. The summed E-state index contributed by atoms with van der Waals surface area (Å²) >= 11 is 0. The monoisotopic (exact) mass is 448 g/mol. The van der Waals surface area contributed by atoms with Crippen LogP contribution in [0.3, 0.4) is 0 Å². The molecule has 34 heavy (non-hydrogen) atoms. The summed E-state index contributed by atoms with van der Waals surface area (Å²) in [7, 11) is 0. The number of amides is 2. The summed E-state index contributed by atoms with van der Waals surface area (Å²) in [5, 5.41) is 3.89. The fourth-order valence-electron chi connectivity index (χ4n) is 5.17. The highest BCUT2D eigenvalue weighted by Crippen LogP contribution is 2.48. The molecule has 2 saturated heterocycles. The zero-order valence-electron chi connectivity index (χ0n) is 18.8. The molecule has 4 aromatic carbocycles. The summed E-state index contributed by atoms with van der Waals surface area (Å²) < 4.78 is 0. The van der Waals surface area contributed by atoms with Crippen molar-refractivity contribution in [1.82, 2.24) is 0 Å². The predicted octanol–water partition coefficient (Wildman–Crippen LogP) is 5.45. The second-order valence-electron chi connectivity index (χ2n) is 8.76. The third-order valence-electron chi connectivity index (χ3n) is 6.87. The largest absolute Gasteiger partial charge is 0.273 e. The van der Waals surface area contributed by atoms with Gasteiger partial charge in [0.1, 0.15) is 5.92 Å². The normalized spacial score (nSPS) is 22.0. The molecular formula is C29H24N2O3. The molecule has 0 bridgehead atoms. The molecule has 6 rings (SSSR count). The van der Waals surface area contributed by atoms with Crippen molar-refractivity contribution in [2.45, 2.75) is 25.5 Å². The van der Waals surface area contributed by atoms with Crippen molar-refractivity contribution >= 4 is 34.0 Å². The van der Waals surface area contributed by atoms with Crippen molar-refractivity contribution in [2.75, 3.05) is 9.96 Å². The number of carbonyl (C=O) groups excluding carboxylic acids is 2. The molecule has 0 N–H and O–H groups in total. The molecule has 3 atom stereocenters. The van der Waals surface area contributed by atoms with Gasteiger partial charge in [0, 0.05) is 0 Å². The van der Waals surface area contributed by atoms with Crippen LogP contribution in [0.1, 0.15) is 24.1 Å². The number of nitrogens with zero attached hydrogens (tertiary/aromatic N) is 2. The van der Waals surface area contributed by atoms with Crippen LogP contribution in [-0.4, -0.2) is 17.9 Å². The summed E-state index contributed by atoms with van der Waals surface area (Å²) in [6, 6.07) is 31.1. The number of fused-ring (bicyclic) bond motifs is 2. The fraction of sp³-hybridized carbons (Fsp3) is 0.172. The SMILES string of the molecule is CCc1ccc(N2C(=O)C3ON(c4ccccc4)C(c4cccc5ccccc45)C3C2=O)cc1. The molecule has 168 valence electrons. The van der Waals surface area contributed by atoms with Gasteiger partial charge in [-0.3, -0.25) is 14.4 Å². The van der Waals surface area contributed by atoms with Crippen LogP contribution in [0.2, 0.25) is 0 Å².